The first-order chi connectivity index (χ1) is 17.1. The first-order valence-electron chi connectivity index (χ1n) is 10.7. The lowest BCUT2D eigenvalue weighted by Gasteiger charge is -2.38. The molecule has 0 aromatic heterocycles. The molecule has 1 saturated heterocycles. The van der Waals surface area contributed by atoms with Gasteiger partial charge in [0.05, 0.1) is 11.5 Å². The minimum absolute atomic E-state index is 0.0692. The summed E-state index contributed by atoms with van der Waals surface area (Å²) in [7, 11) is -3.24. The summed E-state index contributed by atoms with van der Waals surface area (Å²) in [6, 6.07) is 5.88. The first kappa shape index (κ1) is 27.3. The van der Waals surface area contributed by atoms with E-state index in [1.807, 2.05) is 6.92 Å². The molecule has 0 aliphatic carbocycles. The lowest BCUT2D eigenvalue weighted by atomic mass is 10.2. The molecule has 0 saturated carbocycles. The summed E-state index contributed by atoms with van der Waals surface area (Å²) in [4.78, 5) is 24.8. The standard InChI is InChI=1S/C22H25F2N3O8S/c1-14-3-5-15(6-4-14)35-20-17(23)11-16(12-18(20)24)36(31,32)27-8-7-26(13-19(27)21(28)25-30)22(29)34-10-9-33-2/h3-6,11-12,19,30H,7-10,13H2,1-2H3,(H,25,28)/t19-/m0/s1. The Kier molecular flexibility index (Phi) is 8.79. The topological polar surface area (TPSA) is 135 Å². The van der Waals surface area contributed by atoms with E-state index in [0.29, 0.717) is 16.4 Å². The maximum Gasteiger partial charge on any atom is 0.409 e. The van der Waals surface area contributed by atoms with E-state index >= 15 is 0 Å². The van der Waals surface area contributed by atoms with E-state index in [0.717, 1.165) is 10.5 Å². The van der Waals surface area contributed by atoms with Crippen molar-refractivity contribution in [3.63, 3.8) is 0 Å². The number of piperazine rings is 1. The van der Waals surface area contributed by atoms with Crippen LogP contribution in [-0.2, 0) is 24.3 Å². The number of ether oxygens (including phenoxy) is 3. The van der Waals surface area contributed by atoms with E-state index in [4.69, 9.17) is 19.4 Å². The number of methoxy groups -OCH3 is 1. The number of aryl methyl sites for hydroxylation is 1. The Hall–Kier alpha value is -3.33. The molecule has 196 valence electrons. The van der Waals surface area contributed by atoms with E-state index in [2.05, 4.69) is 0 Å². The van der Waals surface area contributed by atoms with Gasteiger partial charge in [-0.3, -0.25) is 10.0 Å². The number of sulfonamides is 1. The van der Waals surface area contributed by atoms with E-state index in [9.17, 15) is 26.8 Å². The highest BCUT2D eigenvalue weighted by Gasteiger charge is 2.42. The lowest BCUT2D eigenvalue weighted by Crippen LogP contribution is -2.61. The van der Waals surface area contributed by atoms with E-state index in [-0.39, 0.29) is 25.5 Å². The fraction of sp³-hybridized carbons (Fsp3) is 0.364. The molecule has 1 fully saturated rings. The Morgan fingerprint density at radius 1 is 1.11 bits per heavy atom. The Morgan fingerprint density at radius 3 is 2.33 bits per heavy atom. The van der Waals surface area contributed by atoms with Crippen molar-refractivity contribution in [2.75, 3.05) is 40.0 Å². The molecule has 2 aromatic carbocycles. The zero-order valence-electron chi connectivity index (χ0n) is 19.4. The number of nitrogens with one attached hydrogen (secondary N) is 1. The largest absolute Gasteiger partial charge is 0.451 e. The summed E-state index contributed by atoms with van der Waals surface area (Å²) in [5.74, 6) is -4.36. The second-order valence-electron chi connectivity index (χ2n) is 7.79. The molecule has 2 amide bonds. The monoisotopic (exact) mass is 529 g/mol. The van der Waals surface area contributed by atoms with Gasteiger partial charge in [-0.25, -0.2) is 27.5 Å². The molecule has 0 unspecified atom stereocenters. The molecule has 2 N–H and O–H groups in total. The Bertz CT molecular complexity index is 1190. The van der Waals surface area contributed by atoms with Gasteiger partial charge < -0.3 is 19.1 Å². The highest BCUT2D eigenvalue weighted by atomic mass is 32.2. The van der Waals surface area contributed by atoms with Crippen LogP contribution in [0.15, 0.2) is 41.3 Å². The van der Waals surface area contributed by atoms with Gasteiger partial charge in [0.1, 0.15) is 18.4 Å². The second kappa shape index (κ2) is 11.6. The summed E-state index contributed by atoms with van der Waals surface area (Å²) < 4.78 is 71.7. The van der Waals surface area contributed by atoms with Crippen molar-refractivity contribution in [3.05, 3.63) is 53.6 Å². The number of carbonyl (C=O) groups is 2. The van der Waals surface area contributed by atoms with Gasteiger partial charge in [0.25, 0.3) is 5.91 Å². The van der Waals surface area contributed by atoms with Gasteiger partial charge in [0, 0.05) is 26.7 Å². The molecule has 14 heteroatoms. The number of carbonyl (C=O) groups excluding carboxylic acids is 2. The van der Waals surface area contributed by atoms with Crippen LogP contribution < -0.4 is 10.2 Å². The minimum atomic E-state index is -4.65. The average Bonchev–Trinajstić information content (AvgIpc) is 2.86. The van der Waals surface area contributed by atoms with Crippen LogP contribution in [0.2, 0.25) is 0 Å². The van der Waals surface area contributed by atoms with Gasteiger partial charge in [-0.05, 0) is 31.2 Å². The molecular formula is C22H25F2N3O8S. The molecule has 0 radical (unpaired) electrons. The van der Waals surface area contributed by atoms with Gasteiger partial charge in [-0.2, -0.15) is 4.31 Å². The quantitative estimate of drug-likeness (QED) is 0.301. The molecule has 1 aliphatic heterocycles. The molecule has 36 heavy (non-hydrogen) atoms. The Morgan fingerprint density at radius 2 is 1.75 bits per heavy atom. The van der Waals surface area contributed by atoms with Gasteiger partial charge in [-0.1, -0.05) is 17.7 Å². The van der Waals surface area contributed by atoms with Crippen LogP contribution >= 0.6 is 0 Å². The Labute approximate surface area is 206 Å². The van der Waals surface area contributed by atoms with Crippen molar-refractivity contribution in [3.8, 4) is 11.5 Å². The van der Waals surface area contributed by atoms with Crippen LogP contribution in [0.25, 0.3) is 0 Å². The fourth-order valence-corrected chi connectivity index (χ4v) is 5.05. The molecule has 11 nitrogen and oxygen atoms in total. The van der Waals surface area contributed by atoms with Crippen molar-refractivity contribution < 1.29 is 46.2 Å². The summed E-state index contributed by atoms with van der Waals surface area (Å²) >= 11 is 0. The highest BCUT2D eigenvalue weighted by molar-refractivity contribution is 7.89. The number of hydroxylamine groups is 1. The number of rotatable bonds is 8. The highest BCUT2D eigenvalue weighted by Crippen LogP contribution is 2.32. The first-order valence-corrected chi connectivity index (χ1v) is 12.1. The van der Waals surface area contributed by atoms with Crippen molar-refractivity contribution in [2.45, 2.75) is 17.9 Å². The van der Waals surface area contributed by atoms with Gasteiger partial charge in [0.15, 0.2) is 17.4 Å². The van der Waals surface area contributed by atoms with Crippen LogP contribution in [0.5, 0.6) is 11.5 Å². The van der Waals surface area contributed by atoms with Crippen LogP contribution in [0.4, 0.5) is 13.6 Å². The number of amides is 2. The minimum Gasteiger partial charge on any atom is -0.451 e. The van der Waals surface area contributed by atoms with Gasteiger partial charge >= 0.3 is 6.09 Å². The zero-order valence-corrected chi connectivity index (χ0v) is 20.3. The molecule has 1 atom stereocenters. The van der Waals surface area contributed by atoms with Crippen molar-refractivity contribution >= 4 is 22.0 Å². The molecular weight excluding hydrogens is 504 g/mol. The third-order valence-electron chi connectivity index (χ3n) is 5.33. The predicted molar refractivity (Wildman–Crippen MR) is 120 cm³/mol. The van der Waals surface area contributed by atoms with Crippen LogP contribution in [0, 0.1) is 18.6 Å². The normalized spacial score (nSPS) is 16.5. The molecule has 1 aliphatic rings. The number of hydrogen-bond donors (Lipinski definition) is 2. The van der Waals surface area contributed by atoms with Crippen LogP contribution in [0.1, 0.15) is 5.56 Å². The zero-order chi connectivity index (χ0) is 26.5. The van der Waals surface area contributed by atoms with Crippen LogP contribution in [0.3, 0.4) is 0 Å². The van der Waals surface area contributed by atoms with Gasteiger partial charge in [0.2, 0.25) is 10.0 Å². The summed E-state index contributed by atoms with van der Waals surface area (Å²) in [6.45, 7) is 0.808. The maximum absolute atomic E-state index is 14.8. The lowest BCUT2D eigenvalue weighted by molar-refractivity contribution is -0.134. The SMILES string of the molecule is COCCOC(=O)N1CCN(S(=O)(=O)c2cc(F)c(Oc3ccc(C)cc3)c(F)c2)[C@H](C(=O)NO)C1. The van der Waals surface area contributed by atoms with Crippen molar-refractivity contribution in [1.82, 2.24) is 14.7 Å². The van der Waals surface area contributed by atoms with Crippen LogP contribution in [-0.4, -0.2) is 80.8 Å². The number of halogens is 2. The molecule has 0 bridgehead atoms. The van der Waals surface area contributed by atoms with E-state index < -0.39 is 63.4 Å². The van der Waals surface area contributed by atoms with E-state index in [1.54, 1.807) is 12.1 Å². The third-order valence-corrected chi connectivity index (χ3v) is 7.22. The summed E-state index contributed by atoms with van der Waals surface area (Å²) in [5, 5.41) is 9.11. The van der Waals surface area contributed by atoms with Gasteiger partial charge in [-0.15, -0.1) is 0 Å². The third kappa shape index (κ3) is 6.07. The molecule has 1 heterocycles. The number of hydrogen-bond acceptors (Lipinski definition) is 8. The summed E-state index contributed by atoms with van der Waals surface area (Å²) in [5.41, 5.74) is 2.25. The van der Waals surface area contributed by atoms with Crippen molar-refractivity contribution in [2.24, 2.45) is 0 Å². The average molecular weight is 530 g/mol. The summed E-state index contributed by atoms with van der Waals surface area (Å²) in [6.07, 6.45) is -0.825. The van der Waals surface area contributed by atoms with Crippen molar-refractivity contribution in [1.29, 1.82) is 0 Å². The molecule has 3 rings (SSSR count). The maximum atomic E-state index is 14.8. The molecule has 2 aromatic rings. The number of benzene rings is 2. The Balaban J connectivity index is 1.85. The second-order valence-corrected chi connectivity index (χ2v) is 9.68. The number of nitrogens with zero attached hydrogens (tertiary/aromatic N) is 2. The van der Waals surface area contributed by atoms with E-state index in [1.165, 1.54) is 24.7 Å². The fourth-order valence-electron chi connectivity index (χ4n) is 3.45. The molecule has 0 spiro atoms. The smallest absolute Gasteiger partial charge is 0.409 e. The predicted octanol–water partition coefficient (Wildman–Crippen LogP) is 2.03.